The molecule has 0 bridgehead atoms. The molecule has 0 atom stereocenters. The molecule has 4 saturated heterocycles. The number of nitrogens with two attached hydrogens (primary N) is 3. The third-order valence-corrected chi connectivity index (χ3v) is 22.8. The highest BCUT2D eigenvalue weighted by atomic mass is 19.4. The van der Waals surface area contributed by atoms with Crippen molar-refractivity contribution in [3.8, 4) is 35.5 Å². The third-order valence-electron chi connectivity index (χ3n) is 22.8. The number of benzene rings is 7. The zero-order valence-electron chi connectivity index (χ0n) is 69.6. The van der Waals surface area contributed by atoms with Crippen molar-refractivity contribution in [2.75, 3.05) is 156 Å². The molecule has 4 fully saturated rings. The van der Waals surface area contributed by atoms with E-state index in [1.54, 1.807) is 91.6 Å². The lowest BCUT2D eigenvalue weighted by Crippen LogP contribution is -2.48. The van der Waals surface area contributed by atoms with Crippen LogP contribution >= 0.6 is 0 Å². The van der Waals surface area contributed by atoms with E-state index in [2.05, 4.69) is 127 Å². The van der Waals surface area contributed by atoms with Gasteiger partial charge in [0.1, 0.15) is 35.6 Å². The number of carbonyl (C=O) groups excluding carboxylic acids is 4. The monoisotopic (exact) mass is 1660 g/mol. The summed E-state index contributed by atoms with van der Waals surface area (Å²) in [5, 5.41) is 16.4. The first-order valence-electron chi connectivity index (χ1n) is 40.7. The number of fused-ring (bicyclic) bond motifs is 3. The maximum Gasteiger partial charge on any atom is 0.416 e. The van der Waals surface area contributed by atoms with Gasteiger partial charge in [0.25, 0.3) is 17.7 Å². The lowest BCUT2D eigenvalue weighted by atomic mass is 9.98. The number of carbonyl (C=O) groups is 4. The number of amides is 4. The molecule has 23 nitrogen and oxygen atoms in total. The number of pyridine rings is 3. The third kappa shape index (κ3) is 21.2. The first-order chi connectivity index (χ1) is 59.1. The van der Waals surface area contributed by atoms with Crippen molar-refractivity contribution in [1.82, 2.24) is 54.2 Å². The number of anilines is 8. The van der Waals surface area contributed by atoms with Gasteiger partial charge in [-0.05, 0) is 192 Å². The van der Waals surface area contributed by atoms with E-state index in [0.29, 0.717) is 99.0 Å². The number of nitrogen functional groups attached to an aromatic ring is 3. The molecule has 12 aromatic rings. The second-order valence-electron chi connectivity index (χ2n) is 31.7. The molecular formula is C95H96F5N19O4. The van der Waals surface area contributed by atoms with Crippen LogP contribution in [0.1, 0.15) is 112 Å². The Kier molecular flexibility index (Phi) is 26.4. The summed E-state index contributed by atoms with van der Waals surface area (Å²) in [7, 11) is 6.20. The summed E-state index contributed by atoms with van der Waals surface area (Å²) in [4.78, 5) is 83.3. The molecule has 4 aliphatic rings. The molecular weight excluding hydrogens is 1570 g/mol. The maximum atomic E-state index is 14.0. The van der Waals surface area contributed by atoms with Crippen LogP contribution in [0.3, 0.4) is 0 Å². The van der Waals surface area contributed by atoms with Gasteiger partial charge in [0.05, 0.1) is 45.3 Å². The van der Waals surface area contributed by atoms with Gasteiger partial charge in [0.2, 0.25) is 5.91 Å². The van der Waals surface area contributed by atoms with Crippen LogP contribution in [0.5, 0.6) is 0 Å². The summed E-state index contributed by atoms with van der Waals surface area (Å²) in [6.07, 6.45) is 5.99. The molecule has 4 aliphatic heterocycles. The maximum absolute atomic E-state index is 14.0. The van der Waals surface area contributed by atoms with Gasteiger partial charge in [-0.15, -0.1) is 0 Å². The molecule has 0 radical (unpaired) electrons. The highest BCUT2D eigenvalue weighted by molar-refractivity contribution is 6.07. The number of rotatable bonds is 12. The van der Waals surface area contributed by atoms with Gasteiger partial charge in [-0.25, -0.2) is 23.7 Å². The van der Waals surface area contributed by atoms with Gasteiger partial charge < -0.3 is 67.5 Å². The SMILES string of the molecule is Cc1ccc(C(=O)Nc2ccc(CN3CCN(C)CC3)c(C(F)(F)F)c2)cc1C#Cc1c(N)ncc2[nH]ccc12.Cc1ccc(C(=O)Nc2ccc(N3CCN(C)CC3)cc2N2CCC(C)CC2)cc1C#Cc1c(N)ncc2ccc(F)cc12.Cc1ccc(C(=O)Nc2ccn(CC(=O)N3CCN(C)CC3)n2)cc1C#Cc1c(N)ncc2ccc(F)cc12. The number of nitrogens with one attached hydrogen (secondary N) is 4. The van der Waals surface area contributed by atoms with Crippen LogP contribution in [-0.4, -0.2) is 191 Å². The molecule has 630 valence electrons. The van der Waals surface area contributed by atoms with Crippen LogP contribution in [0.15, 0.2) is 171 Å². The fourth-order valence-electron chi connectivity index (χ4n) is 15.0. The molecule has 10 N–H and O–H groups in total. The average molecular weight is 1660 g/mol. The Morgan fingerprint density at radius 3 is 1.54 bits per heavy atom. The molecule has 16 rings (SSSR count). The Hall–Kier alpha value is -13.7. The Morgan fingerprint density at radius 2 is 1.00 bits per heavy atom. The summed E-state index contributed by atoms with van der Waals surface area (Å²) in [5.74, 6) is 18.4. The van der Waals surface area contributed by atoms with Crippen molar-refractivity contribution in [1.29, 1.82) is 0 Å². The summed E-state index contributed by atoms with van der Waals surface area (Å²) in [5.41, 5.74) is 28.8. The van der Waals surface area contributed by atoms with Crippen LogP contribution in [0.4, 0.5) is 68.0 Å². The number of nitrogens with zero attached hydrogens (tertiary/aromatic N) is 12. The number of aryl methyl sites for hydroxylation is 3. The molecule has 9 heterocycles. The number of alkyl halides is 3. The van der Waals surface area contributed by atoms with Crippen LogP contribution in [0, 0.1) is 73.8 Å². The van der Waals surface area contributed by atoms with Crippen molar-refractivity contribution in [3.63, 3.8) is 0 Å². The van der Waals surface area contributed by atoms with Crippen LogP contribution < -0.4 is 43.0 Å². The van der Waals surface area contributed by atoms with Gasteiger partial charge in [-0.1, -0.05) is 66.7 Å². The number of hydrogen-bond acceptors (Lipinski definition) is 17. The minimum absolute atomic E-state index is 0.00408. The van der Waals surface area contributed by atoms with Gasteiger partial charge in [0, 0.05) is 201 Å². The molecule has 0 saturated carbocycles. The number of halogens is 5. The summed E-state index contributed by atoms with van der Waals surface area (Å²) in [6.45, 7) is 20.4. The Morgan fingerprint density at radius 1 is 0.504 bits per heavy atom. The van der Waals surface area contributed by atoms with Crippen molar-refractivity contribution in [2.45, 2.75) is 59.8 Å². The fraction of sp³-hybridized carbons (Fsp3) is 0.284. The zero-order chi connectivity index (χ0) is 86.8. The van der Waals surface area contributed by atoms with E-state index < -0.39 is 23.5 Å². The average Bonchev–Trinajstić information content (AvgIpc) is 1.24. The van der Waals surface area contributed by atoms with E-state index in [1.807, 2.05) is 68.9 Å². The van der Waals surface area contributed by atoms with Crippen LogP contribution in [0.25, 0.3) is 32.4 Å². The number of piperazine rings is 3. The molecule has 0 aliphatic carbocycles. The van der Waals surface area contributed by atoms with E-state index in [-0.39, 0.29) is 65.1 Å². The highest BCUT2D eigenvalue weighted by Gasteiger charge is 2.35. The van der Waals surface area contributed by atoms with Gasteiger partial charge >= 0.3 is 6.18 Å². The van der Waals surface area contributed by atoms with Crippen LogP contribution in [-0.2, 0) is 24.1 Å². The van der Waals surface area contributed by atoms with Gasteiger partial charge in [-0.3, -0.25) is 28.8 Å². The first-order valence-corrected chi connectivity index (χ1v) is 40.7. The molecule has 5 aromatic heterocycles. The van der Waals surface area contributed by atoms with Crippen molar-refractivity contribution in [2.24, 2.45) is 5.92 Å². The van der Waals surface area contributed by atoms with E-state index in [9.17, 15) is 41.1 Å². The number of aromatic nitrogens is 6. The van der Waals surface area contributed by atoms with Gasteiger partial charge in [0.15, 0.2) is 5.82 Å². The minimum atomic E-state index is -4.55. The Labute approximate surface area is 710 Å². The predicted octanol–water partition coefficient (Wildman–Crippen LogP) is 13.7. The minimum Gasteiger partial charge on any atom is -0.383 e. The second-order valence-corrected chi connectivity index (χ2v) is 31.7. The molecule has 7 aromatic carbocycles. The molecule has 28 heteroatoms. The van der Waals surface area contributed by atoms with E-state index >= 15 is 0 Å². The van der Waals surface area contributed by atoms with Gasteiger partial charge in [-0.2, -0.15) is 18.3 Å². The lowest BCUT2D eigenvalue weighted by molar-refractivity contribution is -0.138. The summed E-state index contributed by atoms with van der Waals surface area (Å²) < 4.78 is 71.3. The molecule has 0 unspecified atom stereocenters. The van der Waals surface area contributed by atoms with E-state index in [4.69, 9.17) is 17.2 Å². The molecule has 123 heavy (non-hydrogen) atoms. The quantitative estimate of drug-likeness (QED) is 0.0442. The Bertz CT molecular complexity index is 6190. The molecule has 0 spiro atoms. The summed E-state index contributed by atoms with van der Waals surface area (Å²) in [6, 6.07) is 38.4. The number of likely N-dealkylation sites (N-methyl/N-ethyl adjacent to an activating group) is 3. The fourth-order valence-corrected chi connectivity index (χ4v) is 15.0. The number of piperidine rings is 1. The van der Waals surface area contributed by atoms with Crippen molar-refractivity contribution in [3.05, 3.63) is 260 Å². The topological polar surface area (TPSA) is 277 Å². The predicted molar refractivity (Wildman–Crippen MR) is 475 cm³/mol. The highest BCUT2D eigenvalue weighted by Crippen LogP contribution is 2.38. The largest absolute Gasteiger partial charge is 0.416 e. The number of aromatic amines is 1. The smallest absolute Gasteiger partial charge is 0.383 e. The first kappa shape index (κ1) is 85.7. The number of hydrogen-bond donors (Lipinski definition) is 7. The standard InChI is InChI=1S/C36H39FN6O.C30H29F3N6O.C29H28FN7O2/c1-24-12-14-43(15-13-24)34-22-30(42-18-16-41(3)17-19-42)9-11-33(34)40-36(44)27-5-4-25(2)26(20-27)7-10-31-32-21-29(37)8-6-28(32)23-39-35(31)38;1-19-3-4-21(15-20(19)6-8-25-24-9-10-35-27(24)17-36-28(25)34)29(40)37-23-7-5-22(26(16-23)30(31,32)33)18-39-13-11-38(2)12-14-39;1-19-3-4-21(15-20(19)6-8-24-25-16-23(30)7-5-22(25)17-32-28(24)31)29(39)33-26-9-10-37(34-26)18-27(38)36-13-11-35(2)12-14-36/h4-6,8-9,11,20-24H,12-19H2,1-3H3,(H2,38,39)(H,40,44);3-5,7,9-10,15-17,35H,11-14,18H2,1-2H3,(H2,34,36)(H,37,40);3-5,7,9-10,15-17H,11-14,18H2,1-2H3,(H2,31,32)(H,33,34,39). The Balaban J connectivity index is 0.000000151. The van der Waals surface area contributed by atoms with Crippen LogP contribution in [0.2, 0.25) is 0 Å². The zero-order valence-corrected chi connectivity index (χ0v) is 69.6. The lowest BCUT2D eigenvalue weighted by Gasteiger charge is -2.37. The second kappa shape index (κ2) is 37.9. The normalized spacial score (nSPS) is 14.8. The van der Waals surface area contributed by atoms with E-state index in [1.165, 1.54) is 46.8 Å². The van der Waals surface area contributed by atoms with Crippen molar-refractivity contribution < 1.29 is 41.1 Å². The van der Waals surface area contributed by atoms with Crippen molar-refractivity contribution >= 4 is 102 Å². The molecule has 4 amide bonds. The van der Waals surface area contributed by atoms with E-state index in [0.717, 1.165) is 134 Å². The summed E-state index contributed by atoms with van der Waals surface area (Å²) >= 11 is 0. The number of H-pyrrole nitrogens is 1.